The Morgan fingerprint density at radius 2 is 1.48 bits per heavy atom. The molecule has 16 nitrogen and oxygen atoms in total. The van der Waals surface area contributed by atoms with Crippen molar-refractivity contribution in [3.63, 3.8) is 0 Å². The van der Waals surface area contributed by atoms with E-state index < -0.39 is 132 Å². The van der Waals surface area contributed by atoms with Crippen LogP contribution in [-0.2, 0) is 33.6 Å². The molecule has 3 aromatic rings. The number of carbonyl (C=O) groups is 8. The van der Waals surface area contributed by atoms with E-state index in [1.807, 2.05) is 32.9 Å². The van der Waals surface area contributed by atoms with E-state index in [1.165, 1.54) is 4.90 Å². The smallest absolute Gasteiger partial charge is 0.325 e. The predicted octanol–water partition coefficient (Wildman–Crippen LogP) is 5.23. The molecule has 1 aliphatic rings. The lowest BCUT2D eigenvalue weighted by molar-refractivity contribution is -0.154. The van der Waals surface area contributed by atoms with E-state index in [4.69, 9.17) is 4.74 Å². The van der Waals surface area contributed by atoms with Crippen LogP contribution in [-0.4, -0.2) is 104 Å². The van der Waals surface area contributed by atoms with Crippen molar-refractivity contribution in [3.05, 3.63) is 71.9 Å². The number of pyridine rings is 1. The molecule has 4 rings (SSSR count). The van der Waals surface area contributed by atoms with Gasteiger partial charge in [-0.1, -0.05) is 78.8 Å². The maximum absolute atomic E-state index is 14.6. The molecule has 0 radical (unpaired) electrons. The van der Waals surface area contributed by atoms with Gasteiger partial charge in [0.05, 0.1) is 18.0 Å². The number of fused-ring (bicyclic) bond motifs is 1. The lowest BCUT2D eigenvalue weighted by atomic mass is 9.81. The lowest BCUT2D eigenvalue weighted by Gasteiger charge is -2.35. The number of Topliss-reactive ketones (excluding diaryl/α,β-unsaturated/α-hetero) is 2. The monoisotopic (exact) mass is 893 g/mol. The largest absolute Gasteiger partial charge is 0.481 e. The van der Waals surface area contributed by atoms with Crippen LogP contribution in [0, 0.1) is 46.6 Å². The van der Waals surface area contributed by atoms with Gasteiger partial charge in [0, 0.05) is 36.6 Å². The number of likely N-dealkylation sites (tertiary alicyclic amines) is 1. The number of rotatable bonds is 20. The molecule has 18 heteroatoms. The standard InChI is InChI=1S/C46H57F2N5O11/c1-25(2)29(19-36(54)34-16-15-27-11-8-9-14-33(27)49-34)43(61)50-35(21-39(57)58)37(55)20-30(26(3)4)45(63)52-18-17-28(22-46(5,6)7)41(52)44(62)51-53(23-40(59)60)38(56)24-64-42-31(47)12-10-13-32(42)48/h8-16,25-26,28-30,35,41H,17-24H2,1-7H3,(H,50,61)(H,51,62)(H,57,58)(H,59,60)/t28-,29+,30+,35+,41+/m1/s1. The fourth-order valence-electron chi connectivity index (χ4n) is 7.85. The third-order valence-corrected chi connectivity index (χ3v) is 11.1. The molecule has 0 saturated carbocycles. The van der Waals surface area contributed by atoms with Gasteiger partial charge in [-0.25, -0.2) is 18.8 Å². The zero-order valence-corrected chi connectivity index (χ0v) is 37.1. The van der Waals surface area contributed by atoms with Crippen LogP contribution >= 0.6 is 0 Å². The molecule has 5 atom stereocenters. The predicted molar refractivity (Wildman–Crippen MR) is 228 cm³/mol. The van der Waals surface area contributed by atoms with Gasteiger partial charge in [0.15, 0.2) is 35.6 Å². The summed E-state index contributed by atoms with van der Waals surface area (Å²) in [6, 6.07) is 10.5. The number of aromatic nitrogens is 1. The minimum atomic E-state index is -1.59. The van der Waals surface area contributed by atoms with Crippen molar-refractivity contribution in [3.8, 4) is 5.75 Å². The molecule has 0 bridgehead atoms. The van der Waals surface area contributed by atoms with Gasteiger partial charge in [-0.15, -0.1) is 0 Å². The Morgan fingerprint density at radius 1 is 0.844 bits per heavy atom. The number of ether oxygens (including phenoxy) is 1. The molecule has 0 aliphatic carbocycles. The van der Waals surface area contributed by atoms with Crippen molar-refractivity contribution in [2.75, 3.05) is 19.7 Å². The summed E-state index contributed by atoms with van der Waals surface area (Å²) in [5.74, 6) is -14.4. The highest BCUT2D eigenvalue weighted by Crippen LogP contribution is 2.37. The number of halogens is 2. The molecule has 4 amide bonds. The average Bonchev–Trinajstić information content (AvgIpc) is 3.62. The number of carbonyl (C=O) groups excluding carboxylic acids is 6. The fraction of sp³-hybridized carbons (Fsp3) is 0.500. The Bertz CT molecular complexity index is 2220. The van der Waals surface area contributed by atoms with E-state index in [0.29, 0.717) is 23.4 Å². The van der Waals surface area contributed by atoms with E-state index in [9.17, 15) is 57.4 Å². The first-order valence-corrected chi connectivity index (χ1v) is 21.1. The van der Waals surface area contributed by atoms with Crippen LogP contribution in [0.15, 0.2) is 54.6 Å². The molecule has 1 fully saturated rings. The van der Waals surface area contributed by atoms with Gasteiger partial charge in [-0.2, -0.15) is 0 Å². The Morgan fingerprint density at radius 3 is 2.08 bits per heavy atom. The molecule has 64 heavy (non-hydrogen) atoms. The van der Waals surface area contributed by atoms with Crippen LogP contribution in [0.25, 0.3) is 10.9 Å². The van der Waals surface area contributed by atoms with Crippen molar-refractivity contribution >= 4 is 58.0 Å². The van der Waals surface area contributed by atoms with Crippen LogP contribution in [0.3, 0.4) is 0 Å². The van der Waals surface area contributed by atoms with E-state index in [1.54, 1.807) is 52.0 Å². The number of aliphatic carboxylic acids is 2. The maximum atomic E-state index is 14.6. The van der Waals surface area contributed by atoms with Crippen LogP contribution < -0.4 is 15.5 Å². The Balaban J connectivity index is 1.55. The number of benzene rings is 2. The van der Waals surface area contributed by atoms with Gasteiger partial charge in [0.2, 0.25) is 11.8 Å². The second-order valence-electron chi connectivity index (χ2n) is 18.0. The first-order valence-electron chi connectivity index (χ1n) is 21.1. The van der Waals surface area contributed by atoms with Gasteiger partial charge in [0.25, 0.3) is 11.8 Å². The summed E-state index contributed by atoms with van der Waals surface area (Å²) in [6.45, 7) is 10.4. The zero-order valence-electron chi connectivity index (χ0n) is 37.1. The van der Waals surface area contributed by atoms with Crippen LogP contribution in [0.4, 0.5) is 8.78 Å². The Hall–Kier alpha value is -6.33. The molecule has 1 aliphatic heterocycles. The lowest BCUT2D eigenvalue weighted by Crippen LogP contribution is -2.58. The molecule has 1 aromatic heterocycles. The van der Waals surface area contributed by atoms with Crippen molar-refractivity contribution in [1.29, 1.82) is 0 Å². The van der Waals surface area contributed by atoms with E-state index in [-0.39, 0.29) is 24.1 Å². The minimum absolute atomic E-state index is 0.0308. The number of ketones is 2. The number of para-hydroxylation sites is 2. The van der Waals surface area contributed by atoms with Gasteiger partial charge >= 0.3 is 11.9 Å². The molecule has 2 aromatic carbocycles. The normalized spacial score (nSPS) is 16.5. The van der Waals surface area contributed by atoms with Crippen molar-refractivity contribution < 1.29 is 62.1 Å². The van der Waals surface area contributed by atoms with Crippen molar-refractivity contribution in [1.82, 2.24) is 25.6 Å². The number of hydrogen-bond donors (Lipinski definition) is 4. The summed E-state index contributed by atoms with van der Waals surface area (Å²) in [5.41, 5.74) is 2.62. The average molecular weight is 894 g/mol. The molecule has 1 saturated heterocycles. The van der Waals surface area contributed by atoms with Crippen LogP contribution in [0.5, 0.6) is 5.75 Å². The number of nitrogens with zero attached hydrogens (tertiary/aromatic N) is 3. The Labute approximate surface area is 370 Å². The molecule has 4 N–H and O–H groups in total. The highest BCUT2D eigenvalue weighted by molar-refractivity contribution is 6.00. The summed E-state index contributed by atoms with van der Waals surface area (Å²) in [7, 11) is 0. The summed E-state index contributed by atoms with van der Waals surface area (Å²) in [6.07, 6.45) is -0.937. The third-order valence-electron chi connectivity index (χ3n) is 11.1. The highest BCUT2D eigenvalue weighted by atomic mass is 19.1. The number of hydrazine groups is 1. The number of carboxylic acids is 2. The van der Waals surface area contributed by atoms with Crippen molar-refractivity contribution in [2.24, 2.45) is 35.0 Å². The van der Waals surface area contributed by atoms with Gasteiger partial charge in [0.1, 0.15) is 18.3 Å². The quantitative estimate of drug-likeness (QED) is 0.0845. The minimum Gasteiger partial charge on any atom is -0.481 e. The van der Waals surface area contributed by atoms with E-state index in [2.05, 4.69) is 15.7 Å². The van der Waals surface area contributed by atoms with E-state index in [0.717, 1.165) is 23.6 Å². The number of hydrogen-bond acceptors (Lipinski definition) is 10. The van der Waals surface area contributed by atoms with Gasteiger partial charge in [-0.05, 0) is 60.3 Å². The third kappa shape index (κ3) is 13.6. The van der Waals surface area contributed by atoms with Crippen LogP contribution in [0.1, 0.15) is 91.1 Å². The topological polar surface area (TPSA) is 230 Å². The summed E-state index contributed by atoms with van der Waals surface area (Å²) >= 11 is 0. The fourth-order valence-corrected chi connectivity index (χ4v) is 7.85. The van der Waals surface area contributed by atoms with E-state index >= 15 is 0 Å². The molecular formula is C46H57F2N5O11. The van der Waals surface area contributed by atoms with Crippen LogP contribution in [0.2, 0.25) is 0 Å². The molecule has 346 valence electrons. The summed E-state index contributed by atoms with van der Waals surface area (Å²) in [4.78, 5) is 113. The molecule has 2 heterocycles. The second kappa shape index (κ2) is 21.8. The first kappa shape index (κ1) is 50.3. The second-order valence-corrected chi connectivity index (χ2v) is 18.0. The van der Waals surface area contributed by atoms with Crippen molar-refractivity contribution in [2.45, 2.75) is 92.7 Å². The SMILES string of the molecule is CC(C)[C@H](CC(=O)c1ccc2ccccc2n1)C(=O)N[C@@H](CC(=O)O)C(=O)C[C@H](C(=O)N1CC[C@H](CC(C)(C)C)[C@H]1C(=O)NN(CC(=O)O)C(=O)COc1c(F)cccc1F)C(C)C. The Kier molecular flexibility index (Phi) is 17.2. The number of nitrogens with one attached hydrogen (secondary N) is 2. The first-order chi connectivity index (χ1) is 30.0. The van der Waals surface area contributed by atoms with Gasteiger partial charge in [-0.3, -0.25) is 43.8 Å². The number of carboxylic acid groups (broad SMARTS) is 2. The highest BCUT2D eigenvalue weighted by Gasteiger charge is 2.46. The molecular weight excluding hydrogens is 837 g/mol. The maximum Gasteiger partial charge on any atom is 0.325 e. The van der Waals surface area contributed by atoms with Gasteiger partial charge < -0.3 is 25.2 Å². The molecule has 0 unspecified atom stereocenters. The summed E-state index contributed by atoms with van der Waals surface area (Å²) < 4.78 is 33.4. The number of amides is 4. The zero-order chi connectivity index (χ0) is 47.6. The molecule has 0 spiro atoms. The summed E-state index contributed by atoms with van der Waals surface area (Å²) in [5, 5.41) is 23.2.